The molecule has 25 heavy (non-hydrogen) atoms. The summed E-state index contributed by atoms with van der Waals surface area (Å²) >= 11 is 6.14. The third-order valence-electron chi connectivity index (χ3n) is 3.71. The van der Waals surface area contributed by atoms with E-state index in [0.717, 1.165) is 27.5 Å². The Hall–Kier alpha value is -2.85. The van der Waals surface area contributed by atoms with E-state index in [2.05, 4.69) is 15.6 Å². The van der Waals surface area contributed by atoms with Crippen LogP contribution in [0.2, 0.25) is 5.02 Å². The predicted octanol–water partition coefficient (Wildman–Crippen LogP) is 4.91. The van der Waals surface area contributed by atoms with Gasteiger partial charge in [0.05, 0.1) is 11.9 Å². The Kier molecular flexibility index (Phi) is 5.31. The molecule has 3 aromatic rings. The Morgan fingerprint density at radius 1 is 1.04 bits per heavy atom. The van der Waals surface area contributed by atoms with Crippen LogP contribution < -0.4 is 10.6 Å². The van der Waals surface area contributed by atoms with Crippen molar-refractivity contribution in [1.29, 1.82) is 0 Å². The van der Waals surface area contributed by atoms with Gasteiger partial charge in [0.2, 0.25) is 0 Å². The van der Waals surface area contributed by atoms with Crippen LogP contribution in [-0.2, 0) is 6.54 Å². The molecule has 2 aromatic carbocycles. The Balaban J connectivity index is 1.61. The van der Waals surface area contributed by atoms with E-state index in [1.807, 2.05) is 61.5 Å². The second-order valence-corrected chi connectivity index (χ2v) is 6.11. The molecule has 0 unspecified atom stereocenters. The molecular weight excluding hydrogens is 334 g/mol. The van der Waals surface area contributed by atoms with Crippen LogP contribution in [0.1, 0.15) is 21.6 Å². The SMILES string of the molecule is Cc1cccc(NC(=O)c2ccc(NCc3ccccc3Cl)cn2)c1. The van der Waals surface area contributed by atoms with Gasteiger partial charge in [-0.05, 0) is 48.4 Å². The van der Waals surface area contributed by atoms with Crippen molar-refractivity contribution in [2.45, 2.75) is 13.5 Å². The molecule has 0 aliphatic carbocycles. The largest absolute Gasteiger partial charge is 0.380 e. The number of aromatic nitrogens is 1. The number of carbonyl (C=O) groups excluding carboxylic acids is 1. The average molecular weight is 352 g/mol. The molecule has 3 rings (SSSR count). The lowest BCUT2D eigenvalue weighted by molar-refractivity contribution is 0.102. The molecule has 0 aliphatic heterocycles. The fourth-order valence-corrected chi connectivity index (χ4v) is 2.59. The van der Waals surface area contributed by atoms with Crippen molar-refractivity contribution in [2.75, 3.05) is 10.6 Å². The van der Waals surface area contributed by atoms with E-state index in [-0.39, 0.29) is 5.91 Å². The molecule has 0 aliphatic rings. The van der Waals surface area contributed by atoms with E-state index in [1.54, 1.807) is 12.3 Å². The third-order valence-corrected chi connectivity index (χ3v) is 4.08. The van der Waals surface area contributed by atoms with Crippen molar-refractivity contribution >= 4 is 28.9 Å². The summed E-state index contributed by atoms with van der Waals surface area (Å²) in [5, 5.41) is 6.81. The molecule has 0 saturated carbocycles. The number of anilines is 2. The average Bonchev–Trinajstić information content (AvgIpc) is 2.61. The Morgan fingerprint density at radius 2 is 1.88 bits per heavy atom. The van der Waals surface area contributed by atoms with Crippen LogP contribution in [-0.4, -0.2) is 10.9 Å². The molecule has 0 fully saturated rings. The molecule has 2 N–H and O–H groups in total. The molecule has 0 bridgehead atoms. The zero-order valence-corrected chi connectivity index (χ0v) is 14.5. The van der Waals surface area contributed by atoms with Gasteiger partial charge in [0.25, 0.3) is 5.91 Å². The number of benzene rings is 2. The van der Waals surface area contributed by atoms with Crippen LogP contribution in [0.4, 0.5) is 11.4 Å². The quantitative estimate of drug-likeness (QED) is 0.686. The highest BCUT2D eigenvalue weighted by atomic mass is 35.5. The standard InChI is InChI=1S/C20H18ClN3O/c1-14-5-4-7-16(11-14)24-20(25)19-10-9-17(13-23-19)22-12-15-6-2-3-8-18(15)21/h2-11,13,22H,12H2,1H3,(H,24,25). The lowest BCUT2D eigenvalue weighted by Gasteiger charge is -2.09. The smallest absolute Gasteiger partial charge is 0.274 e. The van der Waals surface area contributed by atoms with Crippen molar-refractivity contribution < 1.29 is 4.79 Å². The van der Waals surface area contributed by atoms with Crippen molar-refractivity contribution in [1.82, 2.24) is 4.98 Å². The third kappa shape index (κ3) is 4.58. The number of halogens is 1. The second kappa shape index (κ2) is 7.81. The zero-order chi connectivity index (χ0) is 17.6. The number of hydrogen-bond donors (Lipinski definition) is 2. The number of amides is 1. The highest BCUT2D eigenvalue weighted by Gasteiger charge is 2.08. The zero-order valence-electron chi connectivity index (χ0n) is 13.8. The maximum absolute atomic E-state index is 12.2. The maximum Gasteiger partial charge on any atom is 0.274 e. The van der Waals surface area contributed by atoms with Gasteiger partial charge in [0.15, 0.2) is 0 Å². The number of nitrogens with zero attached hydrogens (tertiary/aromatic N) is 1. The van der Waals surface area contributed by atoms with Crippen LogP contribution in [0, 0.1) is 6.92 Å². The summed E-state index contributed by atoms with van der Waals surface area (Å²) in [4.78, 5) is 16.5. The van der Waals surface area contributed by atoms with Crippen molar-refractivity contribution in [3.63, 3.8) is 0 Å². The minimum Gasteiger partial charge on any atom is -0.380 e. The van der Waals surface area contributed by atoms with Gasteiger partial charge in [-0.1, -0.05) is 41.9 Å². The van der Waals surface area contributed by atoms with Crippen molar-refractivity contribution in [3.8, 4) is 0 Å². The lowest BCUT2D eigenvalue weighted by Crippen LogP contribution is -2.13. The summed E-state index contributed by atoms with van der Waals surface area (Å²) in [5.74, 6) is -0.233. The molecule has 4 nitrogen and oxygen atoms in total. The van der Waals surface area contributed by atoms with E-state index in [1.165, 1.54) is 0 Å². The number of nitrogens with one attached hydrogen (secondary N) is 2. The minimum atomic E-state index is -0.233. The van der Waals surface area contributed by atoms with Gasteiger partial charge in [-0.25, -0.2) is 4.98 Å². The van der Waals surface area contributed by atoms with E-state index in [0.29, 0.717) is 12.2 Å². The molecule has 5 heteroatoms. The van der Waals surface area contributed by atoms with Crippen LogP contribution in [0.3, 0.4) is 0 Å². The van der Waals surface area contributed by atoms with Crippen LogP contribution >= 0.6 is 11.6 Å². The maximum atomic E-state index is 12.2. The molecule has 0 spiro atoms. The van der Waals surface area contributed by atoms with E-state index in [9.17, 15) is 4.79 Å². The van der Waals surface area contributed by atoms with Gasteiger partial charge in [-0.3, -0.25) is 4.79 Å². The van der Waals surface area contributed by atoms with E-state index in [4.69, 9.17) is 11.6 Å². The first kappa shape index (κ1) is 17.0. The summed E-state index contributed by atoms with van der Waals surface area (Å²) in [5.41, 5.74) is 4.04. The summed E-state index contributed by atoms with van der Waals surface area (Å²) in [7, 11) is 0. The Labute approximate surface area is 151 Å². The number of rotatable bonds is 5. The van der Waals surface area contributed by atoms with Crippen LogP contribution in [0.5, 0.6) is 0 Å². The first-order valence-electron chi connectivity index (χ1n) is 7.93. The molecule has 0 radical (unpaired) electrons. The summed E-state index contributed by atoms with van der Waals surface area (Å²) in [6, 6.07) is 18.8. The molecule has 1 heterocycles. The highest BCUT2D eigenvalue weighted by molar-refractivity contribution is 6.31. The first-order chi connectivity index (χ1) is 12.1. The number of pyridine rings is 1. The second-order valence-electron chi connectivity index (χ2n) is 5.70. The summed E-state index contributed by atoms with van der Waals surface area (Å²) in [6.45, 7) is 2.57. The Bertz CT molecular complexity index is 878. The number of hydrogen-bond acceptors (Lipinski definition) is 3. The fraction of sp³-hybridized carbons (Fsp3) is 0.100. The monoisotopic (exact) mass is 351 g/mol. The normalized spacial score (nSPS) is 10.3. The summed E-state index contributed by atoms with van der Waals surface area (Å²) in [6.07, 6.45) is 1.64. The highest BCUT2D eigenvalue weighted by Crippen LogP contribution is 2.17. The molecule has 0 saturated heterocycles. The van der Waals surface area contributed by atoms with Crippen LogP contribution in [0.25, 0.3) is 0 Å². The van der Waals surface area contributed by atoms with Gasteiger partial charge in [0, 0.05) is 17.3 Å². The molecule has 1 amide bonds. The molecule has 0 atom stereocenters. The topological polar surface area (TPSA) is 54.0 Å². The molecule has 1 aromatic heterocycles. The van der Waals surface area contributed by atoms with Crippen molar-refractivity contribution in [3.05, 3.63) is 88.7 Å². The van der Waals surface area contributed by atoms with Gasteiger partial charge >= 0.3 is 0 Å². The van der Waals surface area contributed by atoms with E-state index < -0.39 is 0 Å². The van der Waals surface area contributed by atoms with Gasteiger partial charge in [-0.15, -0.1) is 0 Å². The lowest BCUT2D eigenvalue weighted by atomic mass is 10.2. The predicted molar refractivity (Wildman–Crippen MR) is 102 cm³/mol. The summed E-state index contributed by atoms with van der Waals surface area (Å²) < 4.78 is 0. The van der Waals surface area contributed by atoms with Crippen molar-refractivity contribution in [2.24, 2.45) is 0 Å². The Morgan fingerprint density at radius 3 is 2.60 bits per heavy atom. The van der Waals surface area contributed by atoms with Gasteiger partial charge in [-0.2, -0.15) is 0 Å². The fourth-order valence-electron chi connectivity index (χ4n) is 2.39. The minimum absolute atomic E-state index is 0.233. The number of carbonyl (C=O) groups is 1. The van der Waals surface area contributed by atoms with Gasteiger partial charge < -0.3 is 10.6 Å². The number of aryl methyl sites for hydroxylation is 1. The van der Waals surface area contributed by atoms with Gasteiger partial charge in [0.1, 0.15) is 5.69 Å². The van der Waals surface area contributed by atoms with E-state index >= 15 is 0 Å². The first-order valence-corrected chi connectivity index (χ1v) is 8.31. The molecular formula is C20H18ClN3O. The van der Waals surface area contributed by atoms with Crippen LogP contribution in [0.15, 0.2) is 66.9 Å². The molecule has 126 valence electrons.